The number of hydrogen-bond donors (Lipinski definition) is 1. The van der Waals surface area contributed by atoms with Crippen LogP contribution in [0.15, 0.2) is 64.4 Å². The maximum atomic E-state index is 14.5. The Morgan fingerprint density at radius 1 is 0.971 bits per heavy atom. The number of halogens is 2. The fourth-order valence-corrected chi connectivity index (χ4v) is 4.25. The Morgan fingerprint density at radius 2 is 1.71 bits per heavy atom. The average Bonchev–Trinajstić information content (AvgIpc) is 2.86. The molecule has 4 aromatic rings. The zero-order valence-electron chi connectivity index (χ0n) is 18.4. The number of anilines is 1. The van der Waals surface area contributed by atoms with Crippen molar-refractivity contribution in [3.63, 3.8) is 0 Å². The molecule has 0 radical (unpaired) electrons. The summed E-state index contributed by atoms with van der Waals surface area (Å²) in [6, 6.07) is 9.52. The van der Waals surface area contributed by atoms with Gasteiger partial charge in [-0.25, -0.2) is 23.5 Å². The predicted octanol–water partition coefficient (Wildman–Crippen LogP) is 1.77. The molecule has 5 rings (SSSR count). The highest BCUT2D eigenvalue weighted by Crippen LogP contribution is 2.18. The van der Waals surface area contributed by atoms with Crippen molar-refractivity contribution in [1.82, 2.24) is 24.4 Å². The topological polar surface area (TPSA) is 104 Å². The minimum Gasteiger partial charge on any atom is -0.337 e. The van der Waals surface area contributed by atoms with Crippen LogP contribution in [0.5, 0.6) is 0 Å². The van der Waals surface area contributed by atoms with Crippen molar-refractivity contribution in [2.45, 2.75) is 6.54 Å². The molecule has 0 spiro atoms. The maximum Gasteiger partial charge on any atom is 0.329 e. The Balaban J connectivity index is 1.40. The van der Waals surface area contributed by atoms with E-state index in [1.165, 1.54) is 24.3 Å². The van der Waals surface area contributed by atoms with E-state index in [2.05, 4.69) is 15.0 Å². The molecule has 11 heteroatoms. The van der Waals surface area contributed by atoms with Gasteiger partial charge < -0.3 is 9.80 Å². The van der Waals surface area contributed by atoms with Gasteiger partial charge >= 0.3 is 5.69 Å². The van der Waals surface area contributed by atoms with Crippen LogP contribution in [0, 0.1) is 11.6 Å². The molecule has 2 aromatic carbocycles. The van der Waals surface area contributed by atoms with Gasteiger partial charge in [-0.1, -0.05) is 6.07 Å². The summed E-state index contributed by atoms with van der Waals surface area (Å²) in [5.41, 5.74) is -1.06. The summed E-state index contributed by atoms with van der Waals surface area (Å²) >= 11 is 0. The van der Waals surface area contributed by atoms with E-state index in [1.54, 1.807) is 23.4 Å². The van der Waals surface area contributed by atoms with Gasteiger partial charge in [-0.15, -0.1) is 0 Å². The lowest BCUT2D eigenvalue weighted by Crippen LogP contribution is -2.49. The number of carbonyl (C=O) groups excluding carboxylic acids is 1. The maximum absolute atomic E-state index is 14.5. The Morgan fingerprint density at radius 3 is 2.46 bits per heavy atom. The quantitative estimate of drug-likeness (QED) is 0.480. The largest absolute Gasteiger partial charge is 0.337 e. The first-order valence-electron chi connectivity index (χ1n) is 10.9. The molecule has 178 valence electrons. The molecule has 1 saturated heterocycles. The van der Waals surface area contributed by atoms with Gasteiger partial charge in [0.15, 0.2) is 0 Å². The highest BCUT2D eigenvalue weighted by atomic mass is 19.1. The van der Waals surface area contributed by atoms with Crippen molar-refractivity contribution in [2.24, 2.45) is 0 Å². The summed E-state index contributed by atoms with van der Waals surface area (Å²) in [5.74, 6) is -1.17. The van der Waals surface area contributed by atoms with Crippen LogP contribution >= 0.6 is 0 Å². The lowest BCUT2D eigenvalue weighted by atomic mass is 10.1. The number of H-pyrrole nitrogens is 1. The number of amides is 1. The first-order valence-corrected chi connectivity index (χ1v) is 10.9. The lowest BCUT2D eigenvalue weighted by Gasteiger charge is -2.34. The fraction of sp³-hybridized carbons (Fsp3) is 0.208. The molecule has 0 unspecified atom stereocenters. The second-order valence-corrected chi connectivity index (χ2v) is 8.16. The fourth-order valence-electron chi connectivity index (χ4n) is 4.25. The Hall–Kier alpha value is -4.41. The van der Waals surface area contributed by atoms with Gasteiger partial charge in [0.2, 0.25) is 5.95 Å². The number of hydrogen-bond acceptors (Lipinski definition) is 6. The molecule has 2 aromatic heterocycles. The first-order chi connectivity index (χ1) is 16.9. The Bertz CT molecular complexity index is 1530. The smallest absolute Gasteiger partial charge is 0.329 e. The van der Waals surface area contributed by atoms with Crippen LogP contribution in [0.1, 0.15) is 15.9 Å². The van der Waals surface area contributed by atoms with Gasteiger partial charge in [0.1, 0.15) is 11.6 Å². The summed E-state index contributed by atoms with van der Waals surface area (Å²) in [6.45, 7) is 1.72. The molecule has 1 amide bonds. The highest BCUT2D eigenvalue weighted by Gasteiger charge is 2.24. The van der Waals surface area contributed by atoms with Crippen LogP contribution in [0.3, 0.4) is 0 Å². The molecule has 0 saturated carbocycles. The number of aromatic amines is 1. The summed E-state index contributed by atoms with van der Waals surface area (Å²) in [5, 5.41) is -0.264. The van der Waals surface area contributed by atoms with E-state index in [4.69, 9.17) is 0 Å². The summed E-state index contributed by atoms with van der Waals surface area (Å²) in [7, 11) is 0. The van der Waals surface area contributed by atoms with Crippen LogP contribution < -0.4 is 16.1 Å². The van der Waals surface area contributed by atoms with Crippen LogP contribution in [-0.4, -0.2) is 56.5 Å². The molecule has 1 aliphatic rings. The standard InChI is InChI=1S/C24H20F2N6O3/c25-17-12-15(14-32-19-4-1-3-18(26)20(19)21(33)29-24(32)35)11-16(13-17)22(34)30-7-9-31(10-8-30)23-27-5-2-6-28-23/h1-6,11-13H,7-10,14H2,(H,29,33,35). The zero-order valence-corrected chi connectivity index (χ0v) is 18.4. The third-order valence-electron chi connectivity index (χ3n) is 5.92. The van der Waals surface area contributed by atoms with Crippen LogP contribution in [-0.2, 0) is 6.54 Å². The molecule has 0 aliphatic carbocycles. The van der Waals surface area contributed by atoms with Gasteiger partial charge in [-0.3, -0.25) is 19.1 Å². The van der Waals surface area contributed by atoms with E-state index in [9.17, 15) is 23.2 Å². The summed E-state index contributed by atoms with van der Waals surface area (Å²) < 4.78 is 29.8. The number of piperazine rings is 1. The van der Waals surface area contributed by atoms with Crippen LogP contribution in [0.2, 0.25) is 0 Å². The van der Waals surface area contributed by atoms with E-state index < -0.39 is 22.9 Å². The van der Waals surface area contributed by atoms with Gasteiger partial charge in [0, 0.05) is 44.1 Å². The summed E-state index contributed by atoms with van der Waals surface area (Å²) in [4.78, 5) is 51.8. The molecule has 1 N–H and O–H groups in total. The molecule has 0 atom stereocenters. The number of nitrogens with one attached hydrogen (secondary N) is 1. The minimum atomic E-state index is -0.838. The van der Waals surface area contributed by atoms with Gasteiger partial charge in [-0.2, -0.15) is 0 Å². The molecule has 1 aliphatic heterocycles. The number of benzene rings is 2. The van der Waals surface area contributed by atoms with Crippen molar-refractivity contribution in [2.75, 3.05) is 31.1 Å². The average molecular weight is 478 g/mol. The van der Waals surface area contributed by atoms with E-state index in [0.717, 1.165) is 16.7 Å². The first kappa shape index (κ1) is 22.4. The number of carbonyl (C=O) groups is 1. The van der Waals surface area contributed by atoms with Gasteiger partial charge in [-0.05, 0) is 42.0 Å². The lowest BCUT2D eigenvalue weighted by molar-refractivity contribution is 0.0745. The van der Waals surface area contributed by atoms with Crippen molar-refractivity contribution < 1.29 is 13.6 Å². The Labute approximate surface area is 197 Å². The van der Waals surface area contributed by atoms with E-state index >= 15 is 0 Å². The van der Waals surface area contributed by atoms with E-state index in [-0.39, 0.29) is 28.9 Å². The normalized spacial score (nSPS) is 13.9. The van der Waals surface area contributed by atoms with Crippen LogP contribution in [0.25, 0.3) is 10.9 Å². The van der Waals surface area contributed by atoms with Gasteiger partial charge in [0.05, 0.1) is 17.4 Å². The summed E-state index contributed by atoms with van der Waals surface area (Å²) in [6.07, 6.45) is 3.30. The van der Waals surface area contributed by atoms with E-state index in [1.807, 2.05) is 4.90 Å². The Kier molecular flexibility index (Phi) is 5.81. The van der Waals surface area contributed by atoms with Crippen molar-refractivity contribution >= 4 is 22.8 Å². The molecule has 0 bridgehead atoms. The number of rotatable bonds is 4. The SMILES string of the molecule is O=C(c1cc(F)cc(Cn2c(=O)[nH]c(=O)c3c(F)cccc32)c1)N1CCN(c2ncccn2)CC1. The van der Waals surface area contributed by atoms with Crippen LogP contribution in [0.4, 0.5) is 14.7 Å². The molecule has 35 heavy (non-hydrogen) atoms. The predicted molar refractivity (Wildman–Crippen MR) is 124 cm³/mol. The molecule has 9 nitrogen and oxygen atoms in total. The number of fused-ring (bicyclic) bond motifs is 1. The van der Waals surface area contributed by atoms with E-state index in [0.29, 0.717) is 37.7 Å². The second-order valence-electron chi connectivity index (χ2n) is 8.16. The molecule has 3 heterocycles. The van der Waals surface area contributed by atoms with Crippen molar-refractivity contribution in [1.29, 1.82) is 0 Å². The molecular formula is C24H20F2N6O3. The monoisotopic (exact) mass is 478 g/mol. The van der Waals surface area contributed by atoms with Gasteiger partial charge in [0.25, 0.3) is 11.5 Å². The zero-order chi connectivity index (χ0) is 24.5. The van der Waals surface area contributed by atoms with Crippen molar-refractivity contribution in [3.05, 3.63) is 98.5 Å². The van der Waals surface area contributed by atoms with Crippen molar-refractivity contribution in [3.8, 4) is 0 Å². The number of aromatic nitrogens is 4. The third-order valence-corrected chi connectivity index (χ3v) is 5.92. The minimum absolute atomic E-state index is 0.0788. The molecular weight excluding hydrogens is 458 g/mol. The highest BCUT2D eigenvalue weighted by molar-refractivity contribution is 5.94. The second kappa shape index (κ2) is 9.09. The third kappa shape index (κ3) is 4.39. The number of nitrogens with zero attached hydrogens (tertiary/aromatic N) is 5. The molecule has 1 fully saturated rings.